The number of halogens is 5. The number of benzene rings is 1. The Kier molecular flexibility index (Phi) is 5.97. The summed E-state index contributed by atoms with van der Waals surface area (Å²) >= 11 is 1.28. The van der Waals surface area contributed by atoms with Gasteiger partial charge in [-0.1, -0.05) is 11.8 Å². The summed E-state index contributed by atoms with van der Waals surface area (Å²) in [4.78, 5) is 20.7. The molecule has 2 heterocycles. The lowest BCUT2D eigenvalue weighted by Crippen LogP contribution is -2.27. The van der Waals surface area contributed by atoms with Crippen LogP contribution < -0.4 is 0 Å². The highest BCUT2D eigenvalue weighted by Crippen LogP contribution is 2.37. The highest BCUT2D eigenvalue weighted by molar-refractivity contribution is 7.98. The number of esters is 1. The van der Waals surface area contributed by atoms with Gasteiger partial charge in [-0.25, -0.2) is 18.3 Å². The molecule has 1 aromatic carbocycles. The number of carbonyl (C=O) groups is 1. The molecular formula is C18H15F5N4O2S. The van der Waals surface area contributed by atoms with Crippen LogP contribution in [0, 0.1) is 25.5 Å². The number of carbonyl (C=O) groups excluding carboxylic acids is 1. The molecule has 6 nitrogen and oxygen atoms in total. The third-order valence-corrected chi connectivity index (χ3v) is 4.81. The number of hydrogen-bond donors (Lipinski definition) is 0. The molecule has 0 saturated heterocycles. The second-order valence-corrected chi connectivity index (χ2v) is 7.14. The van der Waals surface area contributed by atoms with E-state index in [2.05, 4.69) is 19.8 Å². The predicted molar refractivity (Wildman–Crippen MR) is 97.0 cm³/mol. The van der Waals surface area contributed by atoms with Gasteiger partial charge in [0.25, 0.3) is 5.78 Å². The molecule has 0 aliphatic carbocycles. The number of rotatable bonds is 5. The average molecular weight is 446 g/mol. The Bertz CT molecular complexity index is 1100. The fourth-order valence-corrected chi connectivity index (χ4v) is 3.24. The van der Waals surface area contributed by atoms with E-state index in [4.69, 9.17) is 0 Å². The van der Waals surface area contributed by atoms with Crippen LogP contribution in [-0.2, 0) is 16.0 Å². The standard InChI is InChI=1S/C18H15F5N4O2S/c1-8-13(9(2)27-16(24-8)25-17(26-27)30-3)7-14(28)29-15(18(21,22)23)10-4-11(19)6-12(20)5-10/h4-6,15H,7H2,1-3H3. The number of ether oxygens (including phenoxy) is 1. The molecule has 0 aliphatic heterocycles. The monoisotopic (exact) mass is 446 g/mol. The lowest BCUT2D eigenvalue weighted by atomic mass is 10.1. The van der Waals surface area contributed by atoms with Crippen molar-refractivity contribution >= 4 is 23.5 Å². The van der Waals surface area contributed by atoms with Crippen molar-refractivity contribution in [3.63, 3.8) is 0 Å². The summed E-state index contributed by atoms with van der Waals surface area (Å²) in [6, 6.07) is 1.36. The molecule has 0 N–H and O–H groups in total. The van der Waals surface area contributed by atoms with E-state index in [1.165, 1.54) is 16.3 Å². The van der Waals surface area contributed by atoms with E-state index >= 15 is 0 Å². The highest BCUT2D eigenvalue weighted by Gasteiger charge is 2.44. The number of hydrogen-bond acceptors (Lipinski definition) is 6. The van der Waals surface area contributed by atoms with Crippen LogP contribution in [-0.4, -0.2) is 38.0 Å². The minimum absolute atomic E-state index is 0.287. The summed E-state index contributed by atoms with van der Waals surface area (Å²) < 4.78 is 73.0. The first-order chi connectivity index (χ1) is 14.0. The van der Waals surface area contributed by atoms with E-state index in [9.17, 15) is 26.7 Å². The number of aryl methyl sites for hydroxylation is 2. The van der Waals surface area contributed by atoms with E-state index in [1.807, 2.05) is 0 Å². The molecule has 1 atom stereocenters. The summed E-state index contributed by atoms with van der Waals surface area (Å²) in [5.74, 6) is -3.38. The molecule has 2 aromatic heterocycles. The van der Waals surface area contributed by atoms with Gasteiger partial charge in [0.15, 0.2) is 0 Å². The first-order valence-corrected chi connectivity index (χ1v) is 9.71. The Morgan fingerprint density at radius 2 is 1.80 bits per heavy atom. The van der Waals surface area contributed by atoms with E-state index < -0.39 is 41.9 Å². The SMILES string of the molecule is CSc1nc2nc(C)c(CC(=O)OC(c3cc(F)cc(F)c3)C(F)(F)F)c(C)n2n1. The minimum atomic E-state index is -5.07. The number of fused-ring (bicyclic) bond motifs is 1. The van der Waals surface area contributed by atoms with E-state index in [0.717, 1.165) is 0 Å². The number of aromatic nitrogens is 4. The summed E-state index contributed by atoms with van der Waals surface area (Å²) in [5.41, 5.74) is 0.299. The van der Waals surface area contributed by atoms with Crippen molar-refractivity contribution in [3.05, 3.63) is 52.3 Å². The molecule has 0 aliphatic rings. The highest BCUT2D eigenvalue weighted by atomic mass is 32.2. The molecule has 160 valence electrons. The second-order valence-electron chi connectivity index (χ2n) is 6.36. The Hall–Kier alpha value is -2.76. The van der Waals surface area contributed by atoms with Gasteiger partial charge < -0.3 is 4.74 Å². The second kappa shape index (κ2) is 8.17. The van der Waals surface area contributed by atoms with Crippen LogP contribution in [0.15, 0.2) is 23.4 Å². The maximum Gasteiger partial charge on any atom is 0.429 e. The summed E-state index contributed by atoms with van der Waals surface area (Å²) in [5, 5.41) is 4.64. The lowest BCUT2D eigenvalue weighted by molar-refractivity contribution is -0.223. The zero-order valence-electron chi connectivity index (χ0n) is 15.9. The Labute approximate surface area is 171 Å². The van der Waals surface area contributed by atoms with Crippen LogP contribution in [0.25, 0.3) is 5.78 Å². The number of nitrogens with zero attached hydrogens (tertiary/aromatic N) is 4. The van der Waals surface area contributed by atoms with Gasteiger partial charge in [0.2, 0.25) is 11.3 Å². The van der Waals surface area contributed by atoms with E-state index in [1.54, 1.807) is 20.1 Å². The summed E-state index contributed by atoms with van der Waals surface area (Å²) in [7, 11) is 0. The van der Waals surface area contributed by atoms with Crippen LogP contribution in [0.5, 0.6) is 0 Å². The van der Waals surface area contributed by atoms with Crippen LogP contribution in [0.3, 0.4) is 0 Å². The van der Waals surface area contributed by atoms with Crippen molar-refractivity contribution < 1.29 is 31.5 Å². The van der Waals surface area contributed by atoms with Crippen molar-refractivity contribution in [2.24, 2.45) is 0 Å². The third kappa shape index (κ3) is 4.53. The van der Waals surface area contributed by atoms with Crippen LogP contribution in [0.1, 0.15) is 28.6 Å². The van der Waals surface area contributed by atoms with Gasteiger partial charge in [-0.2, -0.15) is 18.2 Å². The zero-order chi connectivity index (χ0) is 22.2. The predicted octanol–water partition coefficient (Wildman–Crippen LogP) is 4.13. The summed E-state index contributed by atoms with van der Waals surface area (Å²) in [6.07, 6.45) is -6.66. The first kappa shape index (κ1) is 21.9. The Morgan fingerprint density at radius 1 is 1.17 bits per heavy atom. The Balaban J connectivity index is 1.90. The molecule has 0 spiro atoms. The maximum atomic E-state index is 13.4. The molecule has 12 heteroatoms. The first-order valence-electron chi connectivity index (χ1n) is 8.48. The van der Waals surface area contributed by atoms with Crippen molar-refractivity contribution in [1.82, 2.24) is 19.6 Å². The van der Waals surface area contributed by atoms with Gasteiger partial charge in [0, 0.05) is 28.6 Å². The smallest absolute Gasteiger partial charge is 0.429 e. The van der Waals surface area contributed by atoms with Crippen molar-refractivity contribution in [1.29, 1.82) is 0 Å². The van der Waals surface area contributed by atoms with Gasteiger partial charge in [-0.15, -0.1) is 5.10 Å². The van der Waals surface area contributed by atoms with Crippen LogP contribution in [0.4, 0.5) is 22.0 Å². The molecule has 0 amide bonds. The van der Waals surface area contributed by atoms with Crippen molar-refractivity contribution in [2.45, 2.75) is 37.7 Å². The molecule has 0 saturated carbocycles. The van der Waals surface area contributed by atoms with E-state index in [0.29, 0.717) is 40.3 Å². The molecular weight excluding hydrogens is 431 g/mol. The molecule has 0 fully saturated rings. The third-order valence-electron chi connectivity index (χ3n) is 4.27. The Morgan fingerprint density at radius 3 is 2.37 bits per heavy atom. The summed E-state index contributed by atoms with van der Waals surface area (Å²) in [6.45, 7) is 3.19. The van der Waals surface area contributed by atoms with Gasteiger partial charge in [-0.05, 0) is 32.2 Å². The largest absolute Gasteiger partial charge is 0.447 e. The quantitative estimate of drug-likeness (QED) is 0.334. The molecule has 30 heavy (non-hydrogen) atoms. The molecule has 0 radical (unpaired) electrons. The van der Waals surface area contributed by atoms with E-state index in [-0.39, 0.29) is 5.78 Å². The normalized spacial score (nSPS) is 12.9. The lowest BCUT2D eigenvalue weighted by Gasteiger charge is -2.21. The van der Waals surface area contributed by atoms with Crippen molar-refractivity contribution in [2.75, 3.05) is 6.26 Å². The van der Waals surface area contributed by atoms with Crippen LogP contribution >= 0.6 is 11.8 Å². The zero-order valence-corrected chi connectivity index (χ0v) is 16.7. The number of alkyl halides is 3. The molecule has 0 bridgehead atoms. The van der Waals surface area contributed by atoms with Gasteiger partial charge in [0.05, 0.1) is 6.42 Å². The fourth-order valence-electron chi connectivity index (χ4n) is 2.90. The fraction of sp³-hybridized carbons (Fsp3) is 0.333. The minimum Gasteiger partial charge on any atom is -0.447 e. The van der Waals surface area contributed by atoms with Gasteiger partial charge in [-0.3, -0.25) is 4.79 Å². The topological polar surface area (TPSA) is 69.4 Å². The molecule has 1 unspecified atom stereocenters. The molecule has 3 rings (SSSR count). The maximum absolute atomic E-state index is 13.4. The van der Waals surface area contributed by atoms with Gasteiger partial charge in [0.1, 0.15) is 11.6 Å². The van der Waals surface area contributed by atoms with Gasteiger partial charge >= 0.3 is 12.1 Å². The number of thioether (sulfide) groups is 1. The molecule has 3 aromatic rings. The average Bonchev–Trinajstić information content (AvgIpc) is 3.04. The van der Waals surface area contributed by atoms with Crippen molar-refractivity contribution in [3.8, 4) is 0 Å². The van der Waals surface area contributed by atoms with Crippen LogP contribution in [0.2, 0.25) is 0 Å².